The Morgan fingerprint density at radius 2 is 2.14 bits per heavy atom. The number of sulfonamides is 1. The molecule has 3 atom stereocenters. The minimum Gasteiger partial charge on any atom is -0.480 e. The Morgan fingerprint density at radius 1 is 1.38 bits per heavy atom. The van der Waals surface area contributed by atoms with Crippen molar-refractivity contribution in [3.8, 4) is 0 Å². The maximum absolute atomic E-state index is 13.2. The number of piperidine rings is 1. The van der Waals surface area contributed by atoms with Crippen molar-refractivity contribution in [2.45, 2.75) is 44.0 Å². The van der Waals surface area contributed by atoms with Gasteiger partial charge in [-0.05, 0) is 30.9 Å². The molecule has 1 saturated heterocycles. The van der Waals surface area contributed by atoms with Gasteiger partial charge in [-0.15, -0.1) is 0 Å². The van der Waals surface area contributed by atoms with Crippen molar-refractivity contribution in [2.75, 3.05) is 13.1 Å². The quantitative estimate of drug-likeness (QED) is 0.670. The summed E-state index contributed by atoms with van der Waals surface area (Å²) < 4.78 is 35.8. The molecule has 0 unspecified atom stereocenters. The maximum Gasteiger partial charge on any atom is 0.326 e. The standard InChI is InChI=1S/C18H24N4O5S2/c1-3-11(2)15(18(24)25)19-17(23)12-6-5-9-22(10-12)29(26,27)14-8-4-7-13-16(14)21-28-20-13/h4,7-8,11-12,15H,3,5-6,9-10H2,1-2H3,(H,19,23)(H,24,25)/t11-,12+,15-/m0/s1. The van der Waals surface area contributed by atoms with Gasteiger partial charge in [0.1, 0.15) is 22.0 Å². The van der Waals surface area contributed by atoms with Crippen molar-refractivity contribution in [3.05, 3.63) is 18.2 Å². The zero-order valence-electron chi connectivity index (χ0n) is 16.2. The number of amides is 1. The van der Waals surface area contributed by atoms with E-state index in [2.05, 4.69) is 14.1 Å². The maximum atomic E-state index is 13.2. The fourth-order valence-corrected chi connectivity index (χ4v) is 5.73. The average Bonchev–Trinajstić information content (AvgIpc) is 3.19. The second-order valence-corrected chi connectivity index (χ2v) is 9.74. The first-order chi connectivity index (χ1) is 13.8. The van der Waals surface area contributed by atoms with Crippen LogP contribution in [0, 0.1) is 11.8 Å². The van der Waals surface area contributed by atoms with Crippen molar-refractivity contribution >= 4 is 44.7 Å². The fraction of sp³-hybridized carbons (Fsp3) is 0.556. The van der Waals surface area contributed by atoms with E-state index >= 15 is 0 Å². The van der Waals surface area contributed by atoms with E-state index in [0.29, 0.717) is 36.8 Å². The molecule has 9 nitrogen and oxygen atoms in total. The Bertz CT molecular complexity index is 1010. The summed E-state index contributed by atoms with van der Waals surface area (Å²) in [6, 6.07) is 3.82. The Kier molecular flexibility index (Phi) is 6.49. The monoisotopic (exact) mass is 440 g/mol. The first kappa shape index (κ1) is 21.6. The number of fused-ring (bicyclic) bond motifs is 1. The number of carbonyl (C=O) groups excluding carboxylic acids is 1. The van der Waals surface area contributed by atoms with Crippen LogP contribution in [0.2, 0.25) is 0 Å². The van der Waals surface area contributed by atoms with Gasteiger partial charge in [0.15, 0.2) is 0 Å². The Labute approximate surface area is 173 Å². The number of nitrogens with zero attached hydrogens (tertiary/aromatic N) is 3. The van der Waals surface area contributed by atoms with Gasteiger partial charge in [-0.2, -0.15) is 13.1 Å². The van der Waals surface area contributed by atoms with Gasteiger partial charge in [0, 0.05) is 13.1 Å². The lowest BCUT2D eigenvalue weighted by atomic mass is 9.95. The van der Waals surface area contributed by atoms with Crippen molar-refractivity contribution in [2.24, 2.45) is 11.8 Å². The summed E-state index contributed by atoms with van der Waals surface area (Å²) in [5.74, 6) is -2.34. The molecule has 3 rings (SSSR count). The zero-order chi connectivity index (χ0) is 21.2. The summed E-state index contributed by atoms with van der Waals surface area (Å²) >= 11 is 0.947. The molecule has 2 N–H and O–H groups in total. The van der Waals surface area contributed by atoms with Crippen LogP contribution in [-0.2, 0) is 19.6 Å². The minimum absolute atomic E-state index is 0.00889. The molecule has 0 radical (unpaired) electrons. The van der Waals surface area contributed by atoms with E-state index < -0.39 is 33.9 Å². The lowest BCUT2D eigenvalue weighted by molar-refractivity contribution is -0.144. The van der Waals surface area contributed by atoms with Gasteiger partial charge in [-0.3, -0.25) is 4.79 Å². The van der Waals surface area contributed by atoms with Gasteiger partial charge in [-0.1, -0.05) is 26.3 Å². The van der Waals surface area contributed by atoms with Crippen LogP contribution in [0.25, 0.3) is 11.0 Å². The number of carboxylic acids is 1. The second-order valence-electron chi connectivity index (χ2n) is 7.30. The summed E-state index contributed by atoms with van der Waals surface area (Å²) in [5.41, 5.74) is 0.840. The number of nitrogens with one attached hydrogen (secondary N) is 1. The summed E-state index contributed by atoms with van der Waals surface area (Å²) in [5, 5.41) is 12.0. The molecule has 1 aliphatic rings. The molecule has 29 heavy (non-hydrogen) atoms. The van der Waals surface area contributed by atoms with E-state index in [4.69, 9.17) is 0 Å². The molecule has 1 fully saturated rings. The highest BCUT2D eigenvalue weighted by atomic mass is 32.2. The van der Waals surface area contributed by atoms with Gasteiger partial charge in [0.25, 0.3) is 0 Å². The van der Waals surface area contributed by atoms with Crippen LogP contribution in [0.1, 0.15) is 33.1 Å². The summed E-state index contributed by atoms with van der Waals surface area (Å²) in [6.07, 6.45) is 1.63. The Balaban J connectivity index is 1.79. The molecular formula is C18H24N4O5S2. The topological polar surface area (TPSA) is 130 Å². The molecule has 1 amide bonds. The van der Waals surface area contributed by atoms with Crippen LogP contribution in [0.15, 0.2) is 23.1 Å². The largest absolute Gasteiger partial charge is 0.480 e. The van der Waals surface area contributed by atoms with E-state index in [1.54, 1.807) is 19.1 Å². The van der Waals surface area contributed by atoms with Gasteiger partial charge >= 0.3 is 5.97 Å². The Morgan fingerprint density at radius 3 is 2.83 bits per heavy atom. The third kappa shape index (κ3) is 4.41. The van der Waals surface area contributed by atoms with Gasteiger partial charge in [0.05, 0.1) is 17.6 Å². The van der Waals surface area contributed by atoms with Gasteiger partial charge < -0.3 is 10.4 Å². The molecule has 2 heterocycles. The van der Waals surface area contributed by atoms with Crippen molar-refractivity contribution in [1.29, 1.82) is 0 Å². The van der Waals surface area contributed by atoms with Crippen LogP contribution in [-0.4, -0.2) is 57.6 Å². The predicted octanol–water partition coefficient (Wildman–Crippen LogP) is 1.71. The predicted molar refractivity (Wildman–Crippen MR) is 108 cm³/mol. The fourth-order valence-electron chi connectivity index (χ4n) is 3.46. The van der Waals surface area contributed by atoms with Crippen LogP contribution < -0.4 is 5.32 Å². The number of aromatic nitrogens is 2. The van der Waals surface area contributed by atoms with Gasteiger partial charge in [0.2, 0.25) is 15.9 Å². The van der Waals surface area contributed by atoms with E-state index in [0.717, 1.165) is 11.7 Å². The summed E-state index contributed by atoms with van der Waals surface area (Å²) in [7, 11) is -3.85. The number of carbonyl (C=O) groups is 2. The van der Waals surface area contributed by atoms with Gasteiger partial charge in [-0.25, -0.2) is 13.2 Å². The molecule has 1 aromatic heterocycles. The van der Waals surface area contributed by atoms with Crippen LogP contribution in [0.4, 0.5) is 0 Å². The third-order valence-electron chi connectivity index (χ3n) is 5.40. The molecule has 0 spiro atoms. The smallest absolute Gasteiger partial charge is 0.326 e. The zero-order valence-corrected chi connectivity index (χ0v) is 17.9. The molecule has 158 valence electrons. The molecule has 0 bridgehead atoms. The van der Waals surface area contributed by atoms with Crippen molar-refractivity contribution in [1.82, 2.24) is 18.4 Å². The van der Waals surface area contributed by atoms with Crippen LogP contribution in [0.5, 0.6) is 0 Å². The third-order valence-corrected chi connectivity index (χ3v) is 7.84. The number of carboxylic acid groups (broad SMARTS) is 1. The summed E-state index contributed by atoms with van der Waals surface area (Å²) in [4.78, 5) is 24.3. The number of rotatable bonds is 7. The van der Waals surface area contributed by atoms with E-state index in [-0.39, 0.29) is 17.4 Å². The highest BCUT2D eigenvalue weighted by Gasteiger charge is 2.36. The minimum atomic E-state index is -3.85. The Hall–Kier alpha value is -2.11. The molecule has 1 aromatic carbocycles. The van der Waals surface area contributed by atoms with E-state index in [1.807, 2.05) is 6.92 Å². The van der Waals surface area contributed by atoms with Crippen molar-refractivity contribution < 1.29 is 23.1 Å². The molecule has 2 aromatic rings. The summed E-state index contributed by atoms with van der Waals surface area (Å²) in [6.45, 7) is 3.93. The lowest BCUT2D eigenvalue weighted by Crippen LogP contribution is -2.51. The lowest BCUT2D eigenvalue weighted by Gasteiger charge is -2.32. The van der Waals surface area contributed by atoms with E-state index in [1.165, 1.54) is 10.4 Å². The van der Waals surface area contributed by atoms with Crippen LogP contribution >= 0.6 is 11.7 Å². The first-order valence-electron chi connectivity index (χ1n) is 9.50. The second kappa shape index (κ2) is 8.72. The van der Waals surface area contributed by atoms with E-state index in [9.17, 15) is 23.1 Å². The highest BCUT2D eigenvalue weighted by Crippen LogP contribution is 2.28. The number of aliphatic carboxylic acids is 1. The molecular weight excluding hydrogens is 416 g/mol. The molecule has 1 aliphatic heterocycles. The average molecular weight is 441 g/mol. The van der Waals surface area contributed by atoms with Crippen molar-refractivity contribution in [3.63, 3.8) is 0 Å². The number of benzene rings is 1. The molecule has 11 heteroatoms. The molecule has 0 aliphatic carbocycles. The molecule has 0 saturated carbocycles. The number of hydrogen-bond acceptors (Lipinski definition) is 7. The SMILES string of the molecule is CC[C@H](C)[C@H](NC(=O)[C@@H]1CCCN(S(=O)(=O)c2cccc3nsnc23)C1)C(=O)O. The normalized spacial score (nSPS) is 20.3. The highest BCUT2D eigenvalue weighted by molar-refractivity contribution is 7.89. The van der Waals surface area contributed by atoms with Crippen LogP contribution in [0.3, 0.4) is 0 Å². The number of hydrogen-bond donors (Lipinski definition) is 2. The first-order valence-corrected chi connectivity index (χ1v) is 11.7.